The number of nitrogens with one attached hydrogen (secondary N) is 1. The zero-order chi connectivity index (χ0) is 17.4. The predicted octanol–water partition coefficient (Wildman–Crippen LogP) is 3.31. The van der Waals surface area contributed by atoms with Crippen LogP contribution < -0.4 is 5.32 Å². The number of anilines is 1. The van der Waals surface area contributed by atoms with Crippen molar-refractivity contribution >= 4 is 58.1 Å². The van der Waals surface area contributed by atoms with Gasteiger partial charge in [-0.1, -0.05) is 11.6 Å². The van der Waals surface area contributed by atoms with Crippen LogP contribution in [0.3, 0.4) is 0 Å². The number of halogens is 3. The molecule has 1 aliphatic carbocycles. The first kappa shape index (κ1) is 17.8. The number of carbonyl (C=O) groups excluding carboxylic acids is 2. The van der Waals surface area contributed by atoms with Crippen LogP contribution in [0, 0.1) is 15.5 Å². The van der Waals surface area contributed by atoms with E-state index in [0.29, 0.717) is 0 Å². The summed E-state index contributed by atoms with van der Waals surface area (Å²) in [6, 6.07) is 3.57. The predicted molar refractivity (Wildman–Crippen MR) is 84.9 cm³/mol. The summed E-state index contributed by atoms with van der Waals surface area (Å²) in [5.41, 5.74) is -1.07. The number of nitro benzene ring substituents is 1. The Morgan fingerprint density at radius 1 is 1.43 bits per heavy atom. The van der Waals surface area contributed by atoms with Crippen LogP contribution in [0.1, 0.15) is 13.3 Å². The number of ether oxygens (including phenoxy) is 1. The number of alkyl halides is 2. The molecule has 0 saturated heterocycles. The van der Waals surface area contributed by atoms with E-state index in [1.54, 1.807) is 6.92 Å². The summed E-state index contributed by atoms with van der Waals surface area (Å²) in [7, 11) is 0. The van der Waals surface area contributed by atoms with Crippen molar-refractivity contribution in [3.63, 3.8) is 0 Å². The Kier molecular flexibility index (Phi) is 4.75. The molecule has 1 fully saturated rings. The van der Waals surface area contributed by atoms with Gasteiger partial charge in [-0.3, -0.25) is 19.7 Å². The first-order valence-corrected chi connectivity index (χ1v) is 7.49. The van der Waals surface area contributed by atoms with Crippen LogP contribution in [0.2, 0.25) is 5.02 Å². The lowest BCUT2D eigenvalue weighted by atomic mass is 10.1. The van der Waals surface area contributed by atoms with Crippen molar-refractivity contribution in [3.8, 4) is 0 Å². The molecular formula is C13H11Cl3N2O5. The van der Waals surface area contributed by atoms with E-state index in [1.807, 2.05) is 0 Å². The quantitative estimate of drug-likeness (QED) is 0.365. The van der Waals surface area contributed by atoms with Gasteiger partial charge in [0, 0.05) is 18.6 Å². The number of amides is 1. The van der Waals surface area contributed by atoms with Gasteiger partial charge in [-0.05, 0) is 13.0 Å². The molecule has 1 N–H and O–H groups in total. The smallest absolute Gasteiger partial charge is 0.315 e. The van der Waals surface area contributed by atoms with Crippen LogP contribution in [0.25, 0.3) is 0 Å². The fraction of sp³-hybridized carbons (Fsp3) is 0.385. The van der Waals surface area contributed by atoms with E-state index in [1.165, 1.54) is 12.1 Å². The van der Waals surface area contributed by atoms with E-state index in [2.05, 4.69) is 5.32 Å². The maximum Gasteiger partial charge on any atom is 0.315 e. The molecular weight excluding hydrogens is 371 g/mol. The molecule has 7 nitrogen and oxygen atoms in total. The Hall–Kier alpha value is -1.57. The van der Waals surface area contributed by atoms with Gasteiger partial charge >= 0.3 is 5.97 Å². The van der Waals surface area contributed by atoms with Crippen LogP contribution in [0.15, 0.2) is 18.2 Å². The SMILES string of the molecule is C[C@]1(C(=O)OCC(=O)Nc2ccc([N+](=O)[O-])cc2Cl)CC1(Cl)Cl. The number of nitro groups is 1. The molecule has 0 aromatic heterocycles. The number of hydrogen-bond donors (Lipinski definition) is 1. The molecule has 0 bridgehead atoms. The standard InChI is InChI=1S/C13H11Cl3N2O5/c1-12(6-13(12,15)16)11(20)23-5-10(19)17-9-3-2-7(18(21)22)4-8(9)14/h2-4H,5-6H2,1H3,(H,17,19)/t12-/m1/s1. The van der Waals surface area contributed by atoms with Crippen molar-refractivity contribution in [2.75, 3.05) is 11.9 Å². The van der Waals surface area contributed by atoms with Gasteiger partial charge in [0.2, 0.25) is 0 Å². The fourth-order valence-electron chi connectivity index (χ4n) is 1.82. The van der Waals surface area contributed by atoms with Gasteiger partial charge in [0.25, 0.3) is 11.6 Å². The molecule has 23 heavy (non-hydrogen) atoms. The van der Waals surface area contributed by atoms with Gasteiger partial charge < -0.3 is 10.1 Å². The van der Waals surface area contributed by atoms with Crippen LogP contribution in [-0.2, 0) is 14.3 Å². The molecule has 0 aliphatic heterocycles. The minimum atomic E-state index is -1.18. The second-order valence-electron chi connectivity index (χ2n) is 5.26. The third-order valence-electron chi connectivity index (χ3n) is 3.48. The minimum absolute atomic E-state index is 0.00596. The second-order valence-corrected chi connectivity index (χ2v) is 7.15. The monoisotopic (exact) mass is 380 g/mol. The number of hydrogen-bond acceptors (Lipinski definition) is 5. The highest BCUT2D eigenvalue weighted by molar-refractivity contribution is 6.53. The average molecular weight is 382 g/mol. The molecule has 1 amide bonds. The Bertz CT molecular complexity index is 694. The van der Waals surface area contributed by atoms with Crippen LogP contribution in [0.5, 0.6) is 0 Å². The summed E-state index contributed by atoms with van der Waals surface area (Å²) >= 11 is 17.5. The van der Waals surface area contributed by atoms with Crippen molar-refractivity contribution < 1.29 is 19.2 Å². The largest absolute Gasteiger partial charge is 0.455 e. The topological polar surface area (TPSA) is 98.5 Å². The van der Waals surface area contributed by atoms with E-state index < -0.39 is 33.2 Å². The van der Waals surface area contributed by atoms with E-state index in [-0.39, 0.29) is 22.8 Å². The Morgan fingerprint density at radius 3 is 2.52 bits per heavy atom. The van der Waals surface area contributed by atoms with Gasteiger partial charge in [0.05, 0.1) is 15.6 Å². The molecule has 1 aliphatic rings. The van der Waals surface area contributed by atoms with E-state index >= 15 is 0 Å². The highest BCUT2D eigenvalue weighted by Gasteiger charge is 2.69. The lowest BCUT2D eigenvalue weighted by Gasteiger charge is -2.12. The molecule has 1 atom stereocenters. The molecule has 0 heterocycles. The molecule has 0 radical (unpaired) electrons. The first-order chi connectivity index (χ1) is 10.6. The number of nitrogens with zero attached hydrogens (tertiary/aromatic N) is 1. The van der Waals surface area contributed by atoms with E-state index in [4.69, 9.17) is 39.5 Å². The number of esters is 1. The van der Waals surface area contributed by atoms with Gasteiger partial charge in [-0.2, -0.15) is 0 Å². The van der Waals surface area contributed by atoms with Crippen molar-refractivity contribution in [2.24, 2.45) is 5.41 Å². The fourth-order valence-corrected chi connectivity index (χ4v) is 2.73. The molecule has 1 aromatic rings. The van der Waals surface area contributed by atoms with Crippen molar-refractivity contribution in [1.29, 1.82) is 0 Å². The highest BCUT2D eigenvalue weighted by Crippen LogP contribution is 2.64. The van der Waals surface area contributed by atoms with Crippen molar-refractivity contribution in [2.45, 2.75) is 17.7 Å². The number of benzene rings is 1. The van der Waals surface area contributed by atoms with Gasteiger partial charge in [0.15, 0.2) is 6.61 Å². The van der Waals surface area contributed by atoms with Crippen LogP contribution >= 0.6 is 34.8 Å². The molecule has 1 aromatic carbocycles. The summed E-state index contributed by atoms with van der Waals surface area (Å²) in [6.45, 7) is 0.992. The summed E-state index contributed by atoms with van der Waals surface area (Å²) in [5, 5.41) is 13.0. The molecule has 0 unspecified atom stereocenters. The number of carbonyl (C=O) groups is 2. The third-order valence-corrected chi connectivity index (χ3v) is 4.89. The normalized spacial score (nSPS) is 21.4. The minimum Gasteiger partial charge on any atom is -0.455 e. The average Bonchev–Trinajstić information content (AvgIpc) is 2.98. The molecule has 2 rings (SSSR count). The zero-order valence-electron chi connectivity index (χ0n) is 11.8. The lowest BCUT2D eigenvalue weighted by molar-refractivity contribution is -0.384. The summed E-state index contributed by atoms with van der Waals surface area (Å²) < 4.78 is 3.69. The van der Waals surface area contributed by atoms with Crippen molar-refractivity contribution in [3.05, 3.63) is 33.3 Å². The van der Waals surface area contributed by atoms with Gasteiger partial charge in [-0.25, -0.2) is 0 Å². The van der Waals surface area contributed by atoms with E-state index in [0.717, 1.165) is 6.07 Å². The summed E-state index contributed by atoms with van der Waals surface area (Å²) in [5.74, 6) is -1.32. The molecule has 124 valence electrons. The second kappa shape index (κ2) is 6.14. The first-order valence-electron chi connectivity index (χ1n) is 6.36. The zero-order valence-corrected chi connectivity index (χ0v) is 14.0. The maximum atomic E-state index is 11.8. The van der Waals surface area contributed by atoms with Gasteiger partial charge in [0.1, 0.15) is 9.75 Å². The van der Waals surface area contributed by atoms with Crippen LogP contribution in [0.4, 0.5) is 11.4 Å². The summed E-state index contributed by atoms with van der Waals surface area (Å²) in [6.07, 6.45) is 0.248. The van der Waals surface area contributed by atoms with Crippen LogP contribution in [-0.4, -0.2) is 27.7 Å². The number of rotatable bonds is 5. The van der Waals surface area contributed by atoms with E-state index in [9.17, 15) is 19.7 Å². The maximum absolute atomic E-state index is 11.8. The van der Waals surface area contributed by atoms with Gasteiger partial charge in [-0.15, -0.1) is 23.2 Å². The molecule has 10 heteroatoms. The third kappa shape index (κ3) is 3.68. The molecule has 0 spiro atoms. The Labute approximate surface area is 146 Å². The summed E-state index contributed by atoms with van der Waals surface area (Å²) in [4.78, 5) is 33.5. The Morgan fingerprint density at radius 2 is 2.04 bits per heavy atom. The lowest BCUT2D eigenvalue weighted by Crippen LogP contribution is -2.26. The number of non-ortho nitro benzene ring substituents is 1. The van der Waals surface area contributed by atoms with Crippen molar-refractivity contribution in [1.82, 2.24) is 0 Å². The molecule has 1 saturated carbocycles. The highest BCUT2D eigenvalue weighted by atomic mass is 35.5. The Balaban J connectivity index is 1.91.